The molecule has 0 fully saturated rings. The highest BCUT2D eigenvalue weighted by molar-refractivity contribution is 5.93. The quantitative estimate of drug-likeness (QED) is 0.811. The van der Waals surface area contributed by atoms with Gasteiger partial charge in [0.15, 0.2) is 11.5 Å². The number of aromatic amines is 1. The topological polar surface area (TPSA) is 88.6 Å². The van der Waals surface area contributed by atoms with E-state index in [-0.39, 0.29) is 10.9 Å². The summed E-state index contributed by atoms with van der Waals surface area (Å²) in [6.07, 6.45) is 1.20. The average Bonchev–Trinajstić information content (AvgIpc) is 2.50. The highest BCUT2D eigenvalue weighted by Crippen LogP contribution is 2.31. The SMILES string of the molecule is CC(C)COc1cc2[nH]cc(C(=O)O)c(=O)c2cc1OCC(C)C. The maximum Gasteiger partial charge on any atom is 0.341 e. The Kier molecular flexibility index (Phi) is 5.49. The van der Waals surface area contributed by atoms with Gasteiger partial charge in [-0.3, -0.25) is 4.79 Å². The largest absolute Gasteiger partial charge is 0.489 e. The second kappa shape index (κ2) is 7.38. The van der Waals surface area contributed by atoms with E-state index in [1.807, 2.05) is 27.7 Å². The molecule has 1 aromatic heterocycles. The number of fused-ring (bicyclic) bond motifs is 1. The first-order chi connectivity index (χ1) is 11.3. The number of hydrogen-bond donors (Lipinski definition) is 2. The number of aromatic carboxylic acids is 1. The van der Waals surface area contributed by atoms with Crippen LogP contribution in [0.5, 0.6) is 11.5 Å². The van der Waals surface area contributed by atoms with Crippen LogP contribution < -0.4 is 14.9 Å². The van der Waals surface area contributed by atoms with E-state index in [4.69, 9.17) is 14.6 Å². The van der Waals surface area contributed by atoms with Crippen molar-refractivity contribution in [3.8, 4) is 11.5 Å². The zero-order chi connectivity index (χ0) is 17.9. The van der Waals surface area contributed by atoms with Gasteiger partial charge in [0, 0.05) is 12.3 Å². The molecule has 0 unspecified atom stereocenters. The maximum atomic E-state index is 12.3. The lowest BCUT2D eigenvalue weighted by atomic mass is 10.1. The summed E-state index contributed by atoms with van der Waals surface area (Å²) < 4.78 is 11.6. The molecule has 1 aromatic carbocycles. The van der Waals surface area contributed by atoms with Crippen LogP contribution >= 0.6 is 0 Å². The van der Waals surface area contributed by atoms with E-state index in [9.17, 15) is 9.59 Å². The van der Waals surface area contributed by atoms with Gasteiger partial charge in [0.2, 0.25) is 5.43 Å². The van der Waals surface area contributed by atoms with Gasteiger partial charge in [0.05, 0.1) is 24.1 Å². The van der Waals surface area contributed by atoms with Crippen LogP contribution in [0, 0.1) is 11.8 Å². The molecule has 0 radical (unpaired) electrons. The molecule has 6 heteroatoms. The lowest BCUT2D eigenvalue weighted by molar-refractivity contribution is 0.0695. The monoisotopic (exact) mass is 333 g/mol. The van der Waals surface area contributed by atoms with E-state index in [2.05, 4.69) is 4.98 Å². The molecular weight excluding hydrogens is 310 g/mol. The van der Waals surface area contributed by atoms with Gasteiger partial charge in [-0.25, -0.2) is 4.79 Å². The van der Waals surface area contributed by atoms with Crippen LogP contribution in [0.4, 0.5) is 0 Å². The number of hydrogen-bond acceptors (Lipinski definition) is 4. The van der Waals surface area contributed by atoms with Crippen molar-refractivity contribution in [2.75, 3.05) is 13.2 Å². The van der Waals surface area contributed by atoms with E-state index in [1.54, 1.807) is 12.1 Å². The minimum Gasteiger partial charge on any atom is -0.489 e. The molecule has 0 amide bonds. The third-order valence-electron chi connectivity index (χ3n) is 3.32. The van der Waals surface area contributed by atoms with Crippen LogP contribution in [-0.4, -0.2) is 29.3 Å². The summed E-state index contributed by atoms with van der Waals surface area (Å²) in [4.78, 5) is 26.3. The first-order valence-electron chi connectivity index (χ1n) is 7.98. The molecular formula is C18H23NO5. The summed E-state index contributed by atoms with van der Waals surface area (Å²) in [6.45, 7) is 9.10. The fourth-order valence-corrected chi connectivity index (χ4v) is 2.13. The number of carbonyl (C=O) groups is 1. The predicted octanol–water partition coefficient (Wildman–Crippen LogP) is 3.30. The molecule has 0 aliphatic heterocycles. The number of H-pyrrole nitrogens is 1. The van der Waals surface area contributed by atoms with Crippen molar-refractivity contribution in [1.29, 1.82) is 0 Å². The molecule has 0 aliphatic carbocycles. The fourth-order valence-electron chi connectivity index (χ4n) is 2.13. The zero-order valence-corrected chi connectivity index (χ0v) is 14.4. The first-order valence-corrected chi connectivity index (χ1v) is 7.98. The van der Waals surface area contributed by atoms with Gasteiger partial charge >= 0.3 is 5.97 Å². The van der Waals surface area contributed by atoms with Gasteiger partial charge in [-0.1, -0.05) is 27.7 Å². The Morgan fingerprint density at radius 2 is 1.62 bits per heavy atom. The molecule has 0 saturated carbocycles. The number of pyridine rings is 1. The van der Waals surface area contributed by atoms with Gasteiger partial charge in [-0.2, -0.15) is 0 Å². The number of nitrogens with one attached hydrogen (secondary N) is 1. The maximum absolute atomic E-state index is 12.3. The van der Waals surface area contributed by atoms with Crippen molar-refractivity contribution in [2.45, 2.75) is 27.7 Å². The lowest BCUT2D eigenvalue weighted by Gasteiger charge is -2.16. The van der Waals surface area contributed by atoms with Crippen molar-refractivity contribution in [2.24, 2.45) is 11.8 Å². The molecule has 0 aliphatic rings. The van der Waals surface area contributed by atoms with Gasteiger partial charge in [-0.15, -0.1) is 0 Å². The predicted molar refractivity (Wildman–Crippen MR) is 92.2 cm³/mol. The fraction of sp³-hybridized carbons (Fsp3) is 0.444. The van der Waals surface area contributed by atoms with Crippen LogP contribution in [0.25, 0.3) is 10.9 Å². The van der Waals surface area contributed by atoms with E-state index >= 15 is 0 Å². The number of carboxylic acids is 1. The van der Waals surface area contributed by atoms with E-state index in [1.165, 1.54) is 6.20 Å². The number of ether oxygens (including phenoxy) is 2. The Morgan fingerprint density at radius 1 is 1.08 bits per heavy atom. The second-order valence-corrected chi connectivity index (χ2v) is 6.59. The smallest absolute Gasteiger partial charge is 0.341 e. The molecule has 2 aromatic rings. The summed E-state index contributed by atoms with van der Waals surface area (Å²) in [6, 6.07) is 3.24. The molecule has 6 nitrogen and oxygen atoms in total. The second-order valence-electron chi connectivity index (χ2n) is 6.59. The van der Waals surface area contributed by atoms with Gasteiger partial charge < -0.3 is 19.6 Å². The summed E-state index contributed by atoms with van der Waals surface area (Å²) in [5.41, 5.74) is -0.324. The number of rotatable bonds is 7. The summed E-state index contributed by atoms with van der Waals surface area (Å²) in [7, 11) is 0. The normalized spacial score (nSPS) is 11.2. The lowest BCUT2D eigenvalue weighted by Crippen LogP contribution is -2.16. The van der Waals surface area contributed by atoms with Crippen LogP contribution in [0.2, 0.25) is 0 Å². The minimum atomic E-state index is -1.26. The highest BCUT2D eigenvalue weighted by Gasteiger charge is 2.16. The molecule has 2 rings (SSSR count). The molecule has 0 bridgehead atoms. The van der Waals surface area contributed by atoms with Crippen molar-refractivity contribution in [1.82, 2.24) is 4.98 Å². The number of carboxylic acid groups (broad SMARTS) is 1. The van der Waals surface area contributed by atoms with Crippen molar-refractivity contribution < 1.29 is 19.4 Å². The van der Waals surface area contributed by atoms with Crippen molar-refractivity contribution in [3.63, 3.8) is 0 Å². The number of aromatic nitrogens is 1. The third-order valence-corrected chi connectivity index (χ3v) is 3.32. The zero-order valence-electron chi connectivity index (χ0n) is 14.4. The Morgan fingerprint density at radius 3 is 2.12 bits per heavy atom. The molecule has 24 heavy (non-hydrogen) atoms. The molecule has 1 heterocycles. The van der Waals surface area contributed by atoms with Crippen LogP contribution in [0.3, 0.4) is 0 Å². The van der Waals surface area contributed by atoms with Crippen molar-refractivity contribution in [3.05, 3.63) is 34.1 Å². The Balaban J connectivity index is 2.53. The molecule has 0 atom stereocenters. The summed E-state index contributed by atoms with van der Waals surface area (Å²) in [5, 5.41) is 9.36. The minimum absolute atomic E-state index is 0.269. The Bertz CT molecular complexity index is 792. The van der Waals surface area contributed by atoms with E-state index in [0.29, 0.717) is 42.1 Å². The van der Waals surface area contributed by atoms with E-state index in [0.717, 1.165) is 0 Å². The summed E-state index contributed by atoms with van der Waals surface area (Å²) in [5.74, 6) is 0.373. The molecule has 2 N–H and O–H groups in total. The van der Waals surface area contributed by atoms with Crippen LogP contribution in [0.15, 0.2) is 23.1 Å². The Labute approximate surface area is 140 Å². The molecule has 130 valence electrons. The third kappa shape index (κ3) is 4.07. The number of benzene rings is 1. The first kappa shape index (κ1) is 17.8. The summed E-state index contributed by atoms with van der Waals surface area (Å²) >= 11 is 0. The molecule has 0 spiro atoms. The van der Waals surface area contributed by atoms with Gasteiger partial charge in [-0.05, 0) is 17.9 Å². The molecule has 0 saturated heterocycles. The van der Waals surface area contributed by atoms with Crippen molar-refractivity contribution >= 4 is 16.9 Å². The van der Waals surface area contributed by atoms with Crippen LogP contribution in [-0.2, 0) is 0 Å². The average molecular weight is 333 g/mol. The standard InChI is InChI=1S/C18H23NO5/c1-10(2)8-23-15-5-12-14(6-16(15)24-9-11(3)4)19-7-13(17(12)20)18(21)22/h5-7,10-11H,8-9H2,1-4H3,(H,19,20)(H,21,22). The van der Waals surface area contributed by atoms with Crippen LogP contribution in [0.1, 0.15) is 38.1 Å². The van der Waals surface area contributed by atoms with Gasteiger partial charge in [0.25, 0.3) is 0 Å². The Hall–Kier alpha value is -2.50. The highest BCUT2D eigenvalue weighted by atomic mass is 16.5. The van der Waals surface area contributed by atoms with E-state index < -0.39 is 11.4 Å². The van der Waals surface area contributed by atoms with Gasteiger partial charge in [0.1, 0.15) is 5.56 Å².